The number of benzene rings is 3. The van der Waals surface area contributed by atoms with E-state index >= 15 is 0 Å². The molecule has 0 amide bonds. The van der Waals surface area contributed by atoms with Crippen LogP contribution in [0.2, 0.25) is 0 Å². The van der Waals surface area contributed by atoms with Gasteiger partial charge in [0.15, 0.2) is 0 Å². The summed E-state index contributed by atoms with van der Waals surface area (Å²) in [7, 11) is -3.45. The normalized spacial score (nSPS) is 17.3. The summed E-state index contributed by atoms with van der Waals surface area (Å²) in [5.74, 6) is 4.04. The van der Waals surface area contributed by atoms with Crippen LogP contribution in [0.1, 0.15) is 12.0 Å². The molecule has 0 radical (unpaired) electrons. The van der Waals surface area contributed by atoms with Crippen molar-refractivity contribution in [1.29, 1.82) is 0 Å². The van der Waals surface area contributed by atoms with Crippen LogP contribution >= 0.6 is 46.1 Å². The largest absolute Gasteiger partial charge is 0.305 e. The van der Waals surface area contributed by atoms with E-state index in [-0.39, 0.29) is 0 Å². The fourth-order valence-corrected chi connectivity index (χ4v) is 8.45. The van der Waals surface area contributed by atoms with Gasteiger partial charge in [0.05, 0.1) is 0 Å². The van der Waals surface area contributed by atoms with Crippen molar-refractivity contribution in [2.75, 3.05) is 6.26 Å². The third-order valence-electron chi connectivity index (χ3n) is 5.79. The molecule has 7 heteroatoms. The zero-order chi connectivity index (χ0) is 24.8. The fourth-order valence-electron chi connectivity index (χ4n) is 3.83. The van der Waals surface area contributed by atoms with Gasteiger partial charge in [-0.2, -0.15) is 0 Å². The molecule has 2 nitrogen and oxygen atoms in total. The van der Waals surface area contributed by atoms with E-state index in [9.17, 15) is 9.00 Å². The standard InChI is InChI=1S/C28H27IO2S3Si/c1-32-22-7-13-25(14-8-22)34(2,31)26-15-9-23(10-16-26)33-24-11-17-27(18-12-24)35-28(30)19-20-3-5-21(29)6-4-20/h3-11,13-18,24H,2,12,19,35H2,1H3. The molecule has 0 spiro atoms. The number of halogens is 1. The van der Waals surface area contributed by atoms with E-state index in [0.29, 0.717) is 17.1 Å². The first-order chi connectivity index (χ1) is 16.8. The Balaban J connectivity index is 1.31. The topological polar surface area (TPSA) is 34.1 Å². The minimum Gasteiger partial charge on any atom is -0.305 e. The summed E-state index contributed by atoms with van der Waals surface area (Å²) in [5.41, 5.74) is 1.10. The third-order valence-corrected chi connectivity index (χ3v) is 12.1. The molecule has 3 aromatic carbocycles. The average Bonchev–Trinajstić information content (AvgIpc) is 2.87. The summed E-state index contributed by atoms with van der Waals surface area (Å²) in [5, 5.41) is 1.95. The molecule has 35 heavy (non-hydrogen) atoms. The van der Waals surface area contributed by atoms with Crippen molar-refractivity contribution in [3.63, 3.8) is 0 Å². The van der Waals surface area contributed by atoms with E-state index in [2.05, 4.69) is 58.8 Å². The Morgan fingerprint density at radius 2 is 1.60 bits per heavy atom. The highest BCUT2D eigenvalue weighted by molar-refractivity contribution is 14.1. The maximum absolute atomic E-state index is 13.4. The van der Waals surface area contributed by atoms with Crippen LogP contribution in [0.4, 0.5) is 0 Å². The van der Waals surface area contributed by atoms with E-state index in [1.54, 1.807) is 23.5 Å². The summed E-state index contributed by atoms with van der Waals surface area (Å²) in [4.78, 5) is 16.3. The fraction of sp³-hybridized carbons (Fsp3) is 0.143. The second-order valence-corrected chi connectivity index (χ2v) is 16.1. The van der Waals surface area contributed by atoms with Gasteiger partial charge in [0.25, 0.3) is 0 Å². The second-order valence-electron chi connectivity index (χ2n) is 8.37. The van der Waals surface area contributed by atoms with E-state index < -0.39 is 19.0 Å². The molecule has 0 N–H and O–H groups in total. The van der Waals surface area contributed by atoms with Crippen molar-refractivity contribution in [2.24, 2.45) is 0 Å². The molecule has 2 atom stereocenters. The minimum absolute atomic E-state index is 0.341. The van der Waals surface area contributed by atoms with Gasteiger partial charge in [0.2, 0.25) is 0 Å². The first-order valence-corrected chi connectivity index (χ1v) is 17.6. The van der Waals surface area contributed by atoms with Crippen LogP contribution in [-0.4, -0.2) is 36.5 Å². The summed E-state index contributed by atoms with van der Waals surface area (Å²) in [6, 6.07) is 23.9. The van der Waals surface area contributed by atoms with Crippen LogP contribution in [-0.2, 0) is 20.7 Å². The smallest absolute Gasteiger partial charge is 0.133 e. The van der Waals surface area contributed by atoms with Gasteiger partial charge in [-0.3, -0.25) is 4.21 Å². The van der Waals surface area contributed by atoms with Crippen LogP contribution in [0.3, 0.4) is 0 Å². The molecule has 1 aliphatic carbocycles. The number of allylic oxidation sites excluding steroid dienone is 3. The van der Waals surface area contributed by atoms with Crippen LogP contribution in [0, 0.1) is 3.57 Å². The summed E-state index contributed by atoms with van der Waals surface area (Å²) in [6.07, 6.45) is 10.1. The van der Waals surface area contributed by atoms with E-state index in [4.69, 9.17) is 0 Å². The molecule has 180 valence electrons. The highest BCUT2D eigenvalue weighted by atomic mass is 127. The molecule has 0 bridgehead atoms. The zero-order valence-corrected chi connectivity index (χ0v) is 25.5. The quantitative estimate of drug-likeness (QED) is 0.117. The minimum atomic E-state index is -2.53. The van der Waals surface area contributed by atoms with Crippen molar-refractivity contribution >= 4 is 76.4 Å². The molecule has 1 aliphatic rings. The average molecular weight is 647 g/mol. The Labute approximate surface area is 233 Å². The van der Waals surface area contributed by atoms with Gasteiger partial charge in [-0.15, -0.1) is 23.5 Å². The summed E-state index contributed by atoms with van der Waals surface area (Å²) < 4.78 is 14.6. The zero-order valence-electron chi connectivity index (χ0n) is 19.5. The van der Waals surface area contributed by atoms with Crippen LogP contribution in [0.5, 0.6) is 0 Å². The molecular formula is C28H27IO2S3Si. The highest BCUT2D eigenvalue weighted by Crippen LogP contribution is 2.31. The molecule has 4 rings (SSSR count). The van der Waals surface area contributed by atoms with Gasteiger partial charge in [-0.1, -0.05) is 35.6 Å². The first kappa shape index (κ1) is 26.5. The lowest BCUT2D eigenvalue weighted by Crippen LogP contribution is -2.16. The molecule has 0 saturated heterocycles. The third kappa shape index (κ3) is 7.26. The molecule has 0 heterocycles. The molecular weight excluding hydrogens is 619 g/mol. The number of thioether (sulfide) groups is 2. The molecule has 2 unspecified atom stereocenters. The van der Waals surface area contributed by atoms with Gasteiger partial charge >= 0.3 is 0 Å². The Hall–Kier alpha value is -1.52. The van der Waals surface area contributed by atoms with Crippen molar-refractivity contribution in [2.45, 2.75) is 37.7 Å². The highest BCUT2D eigenvalue weighted by Gasteiger charge is 2.15. The maximum atomic E-state index is 13.4. The second kappa shape index (κ2) is 12.1. The predicted octanol–water partition coefficient (Wildman–Crippen LogP) is 6.39. The van der Waals surface area contributed by atoms with Crippen LogP contribution < -0.4 is 0 Å². The van der Waals surface area contributed by atoms with Crippen molar-refractivity contribution in [1.82, 2.24) is 0 Å². The van der Waals surface area contributed by atoms with Gasteiger partial charge in [0.1, 0.15) is 14.9 Å². The van der Waals surface area contributed by atoms with E-state index in [1.807, 2.05) is 66.9 Å². The number of carbonyl (C=O) groups is 1. The van der Waals surface area contributed by atoms with Gasteiger partial charge in [0, 0.05) is 44.3 Å². The molecule has 3 aromatic rings. The Bertz CT molecular complexity index is 1340. The van der Waals surface area contributed by atoms with Crippen molar-refractivity contribution in [3.05, 3.63) is 105 Å². The van der Waals surface area contributed by atoms with Gasteiger partial charge in [-0.25, -0.2) is 0 Å². The molecule has 0 aromatic heterocycles. The lowest BCUT2D eigenvalue weighted by atomic mass is 10.2. The lowest BCUT2D eigenvalue weighted by molar-refractivity contribution is -0.111. The number of hydrogen-bond donors (Lipinski definition) is 0. The van der Waals surface area contributed by atoms with Crippen molar-refractivity contribution in [3.8, 4) is 0 Å². The maximum Gasteiger partial charge on any atom is 0.133 e. The lowest BCUT2D eigenvalue weighted by Gasteiger charge is -2.16. The van der Waals surface area contributed by atoms with Gasteiger partial charge in [-0.05, 0) is 107 Å². The summed E-state index contributed by atoms with van der Waals surface area (Å²) >= 11 is 5.74. The SMILES string of the molecule is C=S(=O)(c1ccc(SC)cc1)c1ccc(SC2C=CC([SiH2]C(=O)Cc3ccc(I)cc3)=CC2)cc1. The molecule has 0 saturated carbocycles. The molecule has 0 aliphatic heterocycles. The van der Waals surface area contributed by atoms with Crippen molar-refractivity contribution < 1.29 is 9.00 Å². The molecule has 0 fully saturated rings. The van der Waals surface area contributed by atoms with Crippen LogP contribution in [0.25, 0.3) is 0 Å². The Morgan fingerprint density at radius 1 is 1.00 bits per heavy atom. The summed E-state index contributed by atoms with van der Waals surface area (Å²) in [6.45, 7) is 0. The Kier molecular flexibility index (Phi) is 9.21. The monoisotopic (exact) mass is 646 g/mol. The first-order valence-electron chi connectivity index (χ1n) is 11.2. The van der Waals surface area contributed by atoms with Crippen LogP contribution in [0.15, 0.2) is 116 Å². The van der Waals surface area contributed by atoms with E-state index in [1.165, 1.54) is 8.77 Å². The predicted molar refractivity (Wildman–Crippen MR) is 164 cm³/mol. The van der Waals surface area contributed by atoms with E-state index in [0.717, 1.165) is 31.6 Å². The Morgan fingerprint density at radius 3 is 2.14 bits per heavy atom. The van der Waals surface area contributed by atoms with Gasteiger partial charge < -0.3 is 4.79 Å². The number of carbonyl (C=O) groups excluding carboxylic acids is 1. The number of rotatable bonds is 9. The number of hydrogen-bond acceptors (Lipinski definition) is 4.